The van der Waals surface area contributed by atoms with Crippen molar-refractivity contribution in [2.45, 2.75) is 13.8 Å². The van der Waals surface area contributed by atoms with Crippen molar-refractivity contribution in [3.63, 3.8) is 0 Å². The van der Waals surface area contributed by atoms with E-state index in [2.05, 4.69) is 20.4 Å². The van der Waals surface area contributed by atoms with E-state index in [9.17, 15) is 9.90 Å². The average molecular weight is 390 g/mol. The van der Waals surface area contributed by atoms with E-state index in [1.54, 1.807) is 29.3 Å². The zero-order chi connectivity index (χ0) is 20.4. The summed E-state index contributed by atoms with van der Waals surface area (Å²) in [5.74, 6) is 0.502. The van der Waals surface area contributed by atoms with E-state index >= 15 is 0 Å². The van der Waals surface area contributed by atoms with Crippen LogP contribution in [0.5, 0.6) is 0 Å². The van der Waals surface area contributed by atoms with Crippen LogP contribution in [-0.4, -0.2) is 48.3 Å². The number of aliphatic hydroxyl groups excluding tert-OH is 1. The van der Waals surface area contributed by atoms with Gasteiger partial charge in [0.25, 0.3) is 5.91 Å². The number of aromatic nitrogens is 5. The molecule has 29 heavy (non-hydrogen) atoms. The largest absolute Gasteiger partial charge is 0.396 e. The summed E-state index contributed by atoms with van der Waals surface area (Å²) in [4.78, 5) is 20.9. The normalized spacial score (nSPS) is 11.7. The van der Waals surface area contributed by atoms with Crippen molar-refractivity contribution in [3.8, 4) is 16.9 Å². The molecule has 4 aromatic heterocycles. The van der Waals surface area contributed by atoms with Crippen LogP contribution in [0.15, 0.2) is 61.4 Å². The lowest BCUT2D eigenvalue weighted by molar-refractivity contribution is 0.0903. The Morgan fingerprint density at radius 1 is 1.10 bits per heavy atom. The van der Waals surface area contributed by atoms with Gasteiger partial charge in [0.2, 0.25) is 0 Å². The molecule has 4 aromatic rings. The van der Waals surface area contributed by atoms with Crippen LogP contribution in [0.3, 0.4) is 0 Å². The first kappa shape index (κ1) is 18.8. The number of pyridine rings is 1. The van der Waals surface area contributed by atoms with Crippen LogP contribution in [0.4, 0.5) is 0 Å². The molecule has 0 radical (unpaired) electrons. The van der Waals surface area contributed by atoms with Crippen molar-refractivity contribution >= 4 is 11.4 Å². The Labute approximate surface area is 167 Å². The SMILES string of the molecule is CC(C)(CO)CNC(=O)c1ccnn1-c1ccc2ccc(-c3cncnc3)cn12. The highest BCUT2D eigenvalue weighted by atomic mass is 16.3. The third-order valence-electron chi connectivity index (χ3n) is 4.77. The standard InChI is InChI=1S/C21H22N6O2/c1-21(2,13-28)12-24-20(29)18-7-8-25-27(18)19-6-5-17-4-3-15(11-26(17)19)16-9-22-14-23-10-16/h3-11,14,28H,12-13H2,1-2H3,(H,24,29). The molecule has 4 heterocycles. The molecule has 0 aliphatic carbocycles. The molecule has 148 valence electrons. The van der Waals surface area contributed by atoms with Gasteiger partial charge in [0.1, 0.15) is 17.8 Å². The molecular formula is C21H22N6O2. The summed E-state index contributed by atoms with van der Waals surface area (Å²) in [6.45, 7) is 4.13. The highest BCUT2D eigenvalue weighted by Gasteiger charge is 2.21. The van der Waals surface area contributed by atoms with Crippen LogP contribution in [-0.2, 0) is 0 Å². The van der Waals surface area contributed by atoms with E-state index in [-0.39, 0.29) is 12.5 Å². The maximum absolute atomic E-state index is 12.7. The average Bonchev–Trinajstić information content (AvgIpc) is 3.39. The summed E-state index contributed by atoms with van der Waals surface area (Å²) in [7, 11) is 0. The number of fused-ring (bicyclic) bond motifs is 1. The van der Waals surface area contributed by atoms with E-state index in [1.165, 1.54) is 6.33 Å². The van der Waals surface area contributed by atoms with Gasteiger partial charge in [-0.05, 0) is 24.3 Å². The Morgan fingerprint density at radius 2 is 1.86 bits per heavy atom. The molecular weight excluding hydrogens is 368 g/mol. The van der Waals surface area contributed by atoms with Crippen LogP contribution in [0.1, 0.15) is 24.3 Å². The number of amides is 1. The first-order chi connectivity index (χ1) is 14.0. The minimum absolute atomic E-state index is 0.0120. The van der Waals surface area contributed by atoms with Crippen molar-refractivity contribution in [1.29, 1.82) is 0 Å². The summed E-state index contributed by atoms with van der Waals surface area (Å²) in [5.41, 5.74) is 2.86. The molecule has 0 saturated heterocycles. The van der Waals surface area contributed by atoms with E-state index in [0.29, 0.717) is 12.2 Å². The smallest absolute Gasteiger partial charge is 0.270 e. The Morgan fingerprint density at radius 3 is 2.62 bits per heavy atom. The number of aliphatic hydroxyl groups is 1. The number of rotatable bonds is 6. The zero-order valence-electron chi connectivity index (χ0n) is 16.3. The number of nitrogens with one attached hydrogen (secondary N) is 1. The van der Waals surface area contributed by atoms with Crippen LogP contribution in [0.2, 0.25) is 0 Å². The second-order valence-corrected chi connectivity index (χ2v) is 7.66. The molecule has 0 aliphatic heterocycles. The fourth-order valence-electron chi connectivity index (χ4n) is 3.00. The van der Waals surface area contributed by atoms with Crippen LogP contribution >= 0.6 is 0 Å². The van der Waals surface area contributed by atoms with Crippen LogP contribution < -0.4 is 5.32 Å². The van der Waals surface area contributed by atoms with E-state index in [1.807, 2.05) is 48.7 Å². The van der Waals surface area contributed by atoms with Gasteiger partial charge >= 0.3 is 0 Å². The van der Waals surface area contributed by atoms with Gasteiger partial charge < -0.3 is 14.8 Å². The molecule has 8 nitrogen and oxygen atoms in total. The van der Waals surface area contributed by atoms with E-state index < -0.39 is 5.41 Å². The molecule has 1 amide bonds. The van der Waals surface area contributed by atoms with Crippen molar-refractivity contribution in [3.05, 3.63) is 67.1 Å². The number of hydrogen-bond acceptors (Lipinski definition) is 5. The summed E-state index contributed by atoms with van der Waals surface area (Å²) in [5, 5.41) is 16.6. The van der Waals surface area contributed by atoms with Gasteiger partial charge in [-0.2, -0.15) is 5.10 Å². The molecule has 8 heteroatoms. The lowest BCUT2D eigenvalue weighted by Gasteiger charge is -2.21. The topological polar surface area (TPSA) is 97.3 Å². The summed E-state index contributed by atoms with van der Waals surface area (Å²) in [6, 6.07) is 9.57. The van der Waals surface area contributed by atoms with Gasteiger partial charge in [0.05, 0.1) is 6.20 Å². The number of nitrogens with zero attached hydrogens (tertiary/aromatic N) is 5. The van der Waals surface area contributed by atoms with Crippen LogP contribution in [0, 0.1) is 5.41 Å². The third-order valence-corrected chi connectivity index (χ3v) is 4.77. The Bertz CT molecular complexity index is 1150. The number of carbonyl (C=O) groups excluding carboxylic acids is 1. The fourth-order valence-corrected chi connectivity index (χ4v) is 3.00. The summed E-state index contributed by atoms with van der Waals surface area (Å²) < 4.78 is 3.59. The maximum Gasteiger partial charge on any atom is 0.270 e. The van der Waals surface area contributed by atoms with Gasteiger partial charge in [-0.25, -0.2) is 14.6 Å². The molecule has 0 fully saturated rings. The predicted molar refractivity (Wildman–Crippen MR) is 109 cm³/mol. The Balaban J connectivity index is 1.69. The van der Waals surface area contributed by atoms with E-state index in [4.69, 9.17) is 0 Å². The highest BCUT2D eigenvalue weighted by molar-refractivity contribution is 5.93. The lowest BCUT2D eigenvalue weighted by Crippen LogP contribution is -2.36. The zero-order valence-corrected chi connectivity index (χ0v) is 16.3. The Hall–Kier alpha value is -3.52. The molecule has 4 rings (SSSR count). The second kappa shape index (κ2) is 7.48. The minimum atomic E-state index is -0.394. The van der Waals surface area contributed by atoms with Gasteiger partial charge in [-0.1, -0.05) is 19.9 Å². The number of hydrogen-bond donors (Lipinski definition) is 2. The van der Waals surface area contributed by atoms with Crippen LogP contribution in [0.25, 0.3) is 22.5 Å². The molecule has 2 N–H and O–H groups in total. The third kappa shape index (κ3) is 3.74. The van der Waals surface area contributed by atoms with Crippen molar-refractivity contribution in [2.75, 3.05) is 13.2 Å². The highest BCUT2D eigenvalue weighted by Crippen LogP contribution is 2.22. The van der Waals surface area contributed by atoms with Gasteiger partial charge in [0.15, 0.2) is 0 Å². The molecule has 0 spiro atoms. The molecule has 0 aromatic carbocycles. The maximum atomic E-state index is 12.7. The number of carbonyl (C=O) groups is 1. The second-order valence-electron chi connectivity index (χ2n) is 7.66. The van der Waals surface area contributed by atoms with Crippen molar-refractivity contribution in [2.24, 2.45) is 5.41 Å². The fraction of sp³-hybridized carbons (Fsp3) is 0.238. The molecule has 0 bridgehead atoms. The molecule has 0 unspecified atom stereocenters. The van der Waals surface area contributed by atoms with E-state index in [0.717, 1.165) is 22.5 Å². The van der Waals surface area contributed by atoms with Crippen molar-refractivity contribution < 1.29 is 9.90 Å². The van der Waals surface area contributed by atoms with Gasteiger partial charge in [-0.15, -0.1) is 0 Å². The monoisotopic (exact) mass is 390 g/mol. The predicted octanol–water partition coefficient (Wildman–Crippen LogP) is 2.33. The molecule has 0 saturated carbocycles. The van der Waals surface area contributed by atoms with Gasteiger partial charge in [-0.3, -0.25) is 4.79 Å². The van der Waals surface area contributed by atoms with Crippen molar-refractivity contribution in [1.82, 2.24) is 29.5 Å². The first-order valence-electron chi connectivity index (χ1n) is 9.28. The summed E-state index contributed by atoms with van der Waals surface area (Å²) in [6.07, 6.45) is 8.58. The first-order valence-corrected chi connectivity index (χ1v) is 9.28. The molecule has 0 aliphatic rings. The van der Waals surface area contributed by atoms with Gasteiger partial charge in [0, 0.05) is 53.8 Å². The summed E-state index contributed by atoms with van der Waals surface area (Å²) >= 11 is 0. The Kier molecular flexibility index (Phi) is 4.85. The quantitative estimate of drug-likeness (QED) is 0.527. The molecule has 0 atom stereocenters. The minimum Gasteiger partial charge on any atom is -0.396 e. The lowest BCUT2D eigenvalue weighted by atomic mass is 9.95.